The smallest absolute Gasteiger partial charge is 0.261 e. The summed E-state index contributed by atoms with van der Waals surface area (Å²) in [5, 5.41) is 3.26. The van der Waals surface area contributed by atoms with Gasteiger partial charge in [-0.2, -0.15) is 0 Å². The molecule has 0 spiro atoms. The van der Waals surface area contributed by atoms with E-state index in [1.807, 2.05) is 24.3 Å². The van der Waals surface area contributed by atoms with Gasteiger partial charge in [0.05, 0.1) is 10.3 Å². The fourth-order valence-electron chi connectivity index (χ4n) is 4.69. The van der Waals surface area contributed by atoms with Crippen LogP contribution < -0.4 is 10.0 Å². The minimum atomic E-state index is -3.66. The quantitative estimate of drug-likeness (QED) is 0.578. The summed E-state index contributed by atoms with van der Waals surface area (Å²) in [6.45, 7) is 4.28. The van der Waals surface area contributed by atoms with Gasteiger partial charge in [-0.05, 0) is 73.4 Å². The van der Waals surface area contributed by atoms with Crippen LogP contribution in [0.1, 0.15) is 69.9 Å². The van der Waals surface area contributed by atoms with Gasteiger partial charge in [-0.15, -0.1) is 0 Å². The van der Waals surface area contributed by atoms with E-state index in [2.05, 4.69) is 23.9 Å². The van der Waals surface area contributed by atoms with E-state index in [0.29, 0.717) is 17.6 Å². The van der Waals surface area contributed by atoms with Crippen molar-refractivity contribution in [2.24, 2.45) is 5.92 Å². The largest absolute Gasteiger partial charge is 0.353 e. The van der Waals surface area contributed by atoms with Crippen LogP contribution in [0, 0.1) is 5.92 Å². The molecular weight excluding hydrogens is 420 g/mol. The molecule has 0 saturated heterocycles. The molecule has 2 fully saturated rings. The maximum Gasteiger partial charge on any atom is 0.261 e. The lowest BCUT2D eigenvalue weighted by molar-refractivity contribution is -0.124. The van der Waals surface area contributed by atoms with E-state index in [4.69, 9.17) is 0 Å². The van der Waals surface area contributed by atoms with Gasteiger partial charge in [0.1, 0.15) is 0 Å². The third-order valence-electron chi connectivity index (χ3n) is 6.69. The Hall–Kier alpha value is -2.34. The zero-order valence-electron chi connectivity index (χ0n) is 19.1. The van der Waals surface area contributed by atoms with Crippen LogP contribution >= 0.6 is 0 Å². The molecule has 6 heteroatoms. The summed E-state index contributed by atoms with van der Waals surface area (Å²) in [4.78, 5) is 13.2. The average Bonchev–Trinajstić information content (AvgIpc) is 3.57. The third kappa shape index (κ3) is 5.17. The molecule has 0 bridgehead atoms. The lowest BCUT2D eigenvalue weighted by Gasteiger charge is -2.25. The van der Waals surface area contributed by atoms with Crippen molar-refractivity contribution in [3.63, 3.8) is 0 Å². The van der Waals surface area contributed by atoms with E-state index in [1.54, 1.807) is 24.3 Å². The summed E-state index contributed by atoms with van der Waals surface area (Å²) in [6, 6.07) is 14.6. The number of nitrogens with one attached hydrogen (secondary N) is 2. The first-order chi connectivity index (χ1) is 15.3. The second-order valence-electron chi connectivity index (χ2n) is 9.82. The standard InChI is InChI=1S/C26H34N2O3S/c1-19(2)18-20-8-14-24(15-9-20)32(30,31)28-23-12-10-21(11-13-23)26(16-17-26)25(29)27-22-6-4-3-5-7-22/h8-15,19,22,28H,3-7,16-18H2,1-2H3,(H,27,29). The maximum atomic E-state index is 13.0. The molecule has 2 aliphatic carbocycles. The highest BCUT2D eigenvalue weighted by Gasteiger charge is 2.51. The van der Waals surface area contributed by atoms with Crippen molar-refractivity contribution in [3.8, 4) is 0 Å². The van der Waals surface area contributed by atoms with Crippen molar-refractivity contribution >= 4 is 21.6 Å². The van der Waals surface area contributed by atoms with Crippen LogP contribution in [0.4, 0.5) is 5.69 Å². The molecule has 0 aliphatic heterocycles. The number of benzene rings is 2. The van der Waals surface area contributed by atoms with E-state index in [-0.39, 0.29) is 10.8 Å². The Morgan fingerprint density at radius 1 is 0.969 bits per heavy atom. The minimum absolute atomic E-state index is 0.124. The van der Waals surface area contributed by atoms with Gasteiger partial charge in [0.25, 0.3) is 10.0 Å². The van der Waals surface area contributed by atoms with Crippen molar-refractivity contribution < 1.29 is 13.2 Å². The van der Waals surface area contributed by atoms with Crippen molar-refractivity contribution in [3.05, 3.63) is 59.7 Å². The number of sulfonamides is 1. The minimum Gasteiger partial charge on any atom is -0.353 e. The highest BCUT2D eigenvalue weighted by atomic mass is 32.2. The summed E-state index contributed by atoms with van der Waals surface area (Å²) >= 11 is 0. The molecule has 5 nitrogen and oxygen atoms in total. The predicted molar refractivity (Wildman–Crippen MR) is 128 cm³/mol. The fraction of sp³-hybridized carbons (Fsp3) is 0.500. The summed E-state index contributed by atoms with van der Waals surface area (Å²) < 4.78 is 28.2. The molecule has 32 heavy (non-hydrogen) atoms. The van der Waals surface area contributed by atoms with Crippen LogP contribution in [0.25, 0.3) is 0 Å². The molecule has 2 saturated carbocycles. The molecule has 0 atom stereocenters. The molecule has 0 radical (unpaired) electrons. The Bertz CT molecular complexity index is 1030. The lowest BCUT2D eigenvalue weighted by atomic mass is 9.91. The Morgan fingerprint density at radius 3 is 2.16 bits per heavy atom. The number of carbonyl (C=O) groups excluding carboxylic acids is 1. The van der Waals surface area contributed by atoms with Crippen molar-refractivity contribution in [2.75, 3.05) is 4.72 Å². The topological polar surface area (TPSA) is 75.3 Å². The molecule has 0 unspecified atom stereocenters. The van der Waals surface area contributed by atoms with Gasteiger partial charge in [0.15, 0.2) is 0 Å². The fourth-order valence-corrected chi connectivity index (χ4v) is 5.75. The van der Waals surface area contributed by atoms with Gasteiger partial charge in [-0.1, -0.05) is 57.4 Å². The van der Waals surface area contributed by atoms with Crippen LogP contribution in [0.2, 0.25) is 0 Å². The van der Waals surface area contributed by atoms with Crippen LogP contribution in [0.15, 0.2) is 53.4 Å². The van der Waals surface area contributed by atoms with Crippen LogP contribution in [-0.4, -0.2) is 20.4 Å². The highest BCUT2D eigenvalue weighted by molar-refractivity contribution is 7.92. The number of anilines is 1. The Balaban J connectivity index is 1.41. The molecule has 1 amide bonds. The Kier molecular flexibility index (Phi) is 6.61. The van der Waals surface area contributed by atoms with Crippen molar-refractivity contribution in [2.45, 2.75) is 81.6 Å². The second-order valence-corrected chi connectivity index (χ2v) is 11.5. The Labute approximate surface area is 192 Å². The molecule has 172 valence electrons. The van der Waals surface area contributed by atoms with Gasteiger partial charge in [0.2, 0.25) is 5.91 Å². The Morgan fingerprint density at radius 2 is 1.59 bits per heavy atom. The number of hydrogen-bond acceptors (Lipinski definition) is 3. The zero-order valence-corrected chi connectivity index (χ0v) is 19.9. The van der Waals surface area contributed by atoms with E-state index >= 15 is 0 Å². The number of amides is 1. The number of rotatable bonds is 8. The third-order valence-corrected chi connectivity index (χ3v) is 8.09. The normalized spacial score (nSPS) is 18.3. The van der Waals surface area contributed by atoms with Gasteiger partial charge in [-0.25, -0.2) is 8.42 Å². The van der Waals surface area contributed by atoms with Gasteiger partial charge in [0, 0.05) is 11.7 Å². The number of hydrogen-bond donors (Lipinski definition) is 2. The van der Waals surface area contributed by atoms with E-state index < -0.39 is 15.4 Å². The van der Waals surface area contributed by atoms with E-state index in [9.17, 15) is 13.2 Å². The van der Waals surface area contributed by atoms with Gasteiger partial charge >= 0.3 is 0 Å². The molecule has 2 aromatic carbocycles. The SMILES string of the molecule is CC(C)Cc1ccc(S(=O)(=O)Nc2ccc(C3(C(=O)NC4CCCCC4)CC3)cc2)cc1. The van der Waals surface area contributed by atoms with Gasteiger partial charge < -0.3 is 5.32 Å². The molecule has 0 aromatic heterocycles. The molecular formula is C26H34N2O3S. The van der Waals surface area contributed by atoms with E-state index in [1.165, 1.54) is 19.3 Å². The van der Waals surface area contributed by atoms with Crippen molar-refractivity contribution in [1.29, 1.82) is 0 Å². The first-order valence-corrected chi connectivity index (χ1v) is 13.3. The zero-order chi connectivity index (χ0) is 22.8. The van der Waals surface area contributed by atoms with Crippen LogP contribution in [0.3, 0.4) is 0 Å². The summed E-state index contributed by atoms with van der Waals surface area (Å²) in [5.41, 5.74) is 2.15. The first kappa shape index (κ1) is 22.8. The summed E-state index contributed by atoms with van der Waals surface area (Å²) in [6.07, 6.45) is 8.39. The van der Waals surface area contributed by atoms with Crippen LogP contribution in [0.5, 0.6) is 0 Å². The maximum absolute atomic E-state index is 13.0. The number of carbonyl (C=O) groups is 1. The lowest BCUT2D eigenvalue weighted by Crippen LogP contribution is -2.42. The molecule has 0 heterocycles. The van der Waals surface area contributed by atoms with Crippen molar-refractivity contribution in [1.82, 2.24) is 5.32 Å². The molecule has 4 rings (SSSR count). The van der Waals surface area contributed by atoms with Gasteiger partial charge in [-0.3, -0.25) is 9.52 Å². The highest BCUT2D eigenvalue weighted by Crippen LogP contribution is 2.49. The molecule has 2 aromatic rings. The van der Waals surface area contributed by atoms with Crippen LogP contribution in [-0.2, 0) is 26.7 Å². The monoisotopic (exact) mass is 454 g/mol. The summed E-state index contributed by atoms with van der Waals surface area (Å²) in [7, 11) is -3.66. The second kappa shape index (κ2) is 9.26. The average molecular weight is 455 g/mol. The first-order valence-electron chi connectivity index (χ1n) is 11.8. The predicted octanol–water partition coefficient (Wildman–Crippen LogP) is 5.17. The van der Waals surface area contributed by atoms with E-state index in [0.717, 1.165) is 43.2 Å². The summed E-state index contributed by atoms with van der Waals surface area (Å²) in [5.74, 6) is 0.646. The molecule has 2 N–H and O–H groups in total. The molecule has 2 aliphatic rings.